The molecule has 0 amide bonds. The Morgan fingerprint density at radius 1 is 1.03 bits per heavy atom. The van der Waals surface area contributed by atoms with Crippen molar-refractivity contribution in [2.45, 2.75) is 51.6 Å². The molecule has 0 bridgehead atoms. The topological polar surface area (TPSA) is 52.6 Å². The van der Waals surface area contributed by atoms with E-state index in [1.165, 1.54) is 16.7 Å². The average molecular weight is 392 g/mol. The van der Waals surface area contributed by atoms with Gasteiger partial charge in [0.25, 0.3) is 0 Å². The molecule has 0 N–H and O–H groups in total. The molecule has 152 valence electrons. The van der Waals surface area contributed by atoms with Crippen molar-refractivity contribution in [3.8, 4) is 5.75 Å². The molecule has 0 aromatic heterocycles. The summed E-state index contributed by atoms with van der Waals surface area (Å²) in [6, 6.07) is 8.10. The number of allylic oxidation sites excluding steroid dienone is 3. The Morgan fingerprint density at radius 2 is 1.83 bits per heavy atom. The van der Waals surface area contributed by atoms with Crippen LogP contribution in [0.1, 0.15) is 57.1 Å². The molecule has 1 aliphatic heterocycles. The monoisotopic (exact) mass is 392 g/mol. The zero-order valence-corrected chi connectivity index (χ0v) is 17.2. The number of benzene rings is 1. The Morgan fingerprint density at radius 3 is 2.59 bits per heavy atom. The lowest BCUT2D eigenvalue weighted by Crippen LogP contribution is -2.36. The van der Waals surface area contributed by atoms with Gasteiger partial charge < -0.3 is 9.47 Å². The molecule has 29 heavy (non-hydrogen) atoms. The van der Waals surface area contributed by atoms with Gasteiger partial charge in [0.15, 0.2) is 5.78 Å². The fraction of sp³-hybridized carbons (Fsp3) is 0.520. The molecule has 4 heteroatoms. The molecule has 4 unspecified atom stereocenters. The highest BCUT2D eigenvalue weighted by Gasteiger charge is 2.54. The lowest BCUT2D eigenvalue weighted by molar-refractivity contribution is -0.130. The highest BCUT2D eigenvalue weighted by molar-refractivity contribution is 5.93. The summed E-state index contributed by atoms with van der Waals surface area (Å²) in [7, 11) is 1.67. The van der Waals surface area contributed by atoms with Crippen molar-refractivity contribution < 1.29 is 19.1 Å². The Kier molecular flexibility index (Phi) is 4.50. The highest BCUT2D eigenvalue weighted by atomic mass is 16.5. The first-order valence-corrected chi connectivity index (χ1v) is 10.8. The molecule has 5 rings (SSSR count). The fourth-order valence-electron chi connectivity index (χ4n) is 6.11. The number of carbonyl (C=O) groups excluding carboxylic acids is 2. The summed E-state index contributed by atoms with van der Waals surface area (Å²) >= 11 is 0. The third-order valence-electron chi connectivity index (χ3n) is 7.69. The highest BCUT2D eigenvalue weighted by Crippen LogP contribution is 2.57. The van der Waals surface area contributed by atoms with E-state index in [9.17, 15) is 9.59 Å². The molecule has 1 heterocycles. The molecule has 4 aliphatic rings. The van der Waals surface area contributed by atoms with Gasteiger partial charge in [-0.2, -0.15) is 0 Å². The molecule has 4 atom stereocenters. The Hall–Kier alpha value is -2.20. The van der Waals surface area contributed by atoms with E-state index in [1.807, 2.05) is 18.2 Å². The molecule has 0 spiro atoms. The van der Waals surface area contributed by atoms with Crippen LogP contribution in [0.25, 0.3) is 0 Å². The number of ketones is 2. The molecule has 1 aromatic rings. The summed E-state index contributed by atoms with van der Waals surface area (Å²) in [6.45, 7) is 2.58. The number of hydrogen-bond donors (Lipinski definition) is 0. The SMILES string of the molecule is COc1ccc(C2OCC3(C)C(=O)CCC3C3CCC4=CC(=O)CCC4=C23)cc1. The molecule has 3 aliphatic carbocycles. The predicted octanol–water partition coefficient (Wildman–Crippen LogP) is 4.75. The van der Waals surface area contributed by atoms with Crippen LogP contribution in [0.15, 0.2) is 47.1 Å². The van der Waals surface area contributed by atoms with Crippen LogP contribution in [-0.2, 0) is 14.3 Å². The van der Waals surface area contributed by atoms with Gasteiger partial charge in [0, 0.05) is 12.8 Å². The van der Waals surface area contributed by atoms with Gasteiger partial charge in [0.1, 0.15) is 17.6 Å². The van der Waals surface area contributed by atoms with E-state index in [0.29, 0.717) is 37.1 Å². The number of Topliss-reactive ketones (excluding diaryl/α,β-unsaturated/α-hetero) is 1. The van der Waals surface area contributed by atoms with E-state index in [-0.39, 0.29) is 11.9 Å². The van der Waals surface area contributed by atoms with Crippen LogP contribution in [0, 0.1) is 17.3 Å². The zero-order valence-electron chi connectivity index (χ0n) is 17.2. The second-order valence-corrected chi connectivity index (χ2v) is 9.16. The molecule has 1 saturated heterocycles. The summed E-state index contributed by atoms with van der Waals surface area (Å²) in [4.78, 5) is 24.9. The van der Waals surface area contributed by atoms with Crippen molar-refractivity contribution >= 4 is 11.6 Å². The van der Waals surface area contributed by atoms with Crippen LogP contribution in [0.3, 0.4) is 0 Å². The zero-order chi connectivity index (χ0) is 20.2. The van der Waals surface area contributed by atoms with Crippen molar-refractivity contribution in [1.82, 2.24) is 0 Å². The summed E-state index contributed by atoms with van der Waals surface area (Å²) in [5.41, 5.74) is 4.56. The van der Waals surface area contributed by atoms with Gasteiger partial charge in [-0.15, -0.1) is 0 Å². The minimum Gasteiger partial charge on any atom is -0.497 e. The number of carbonyl (C=O) groups is 2. The lowest BCUT2D eigenvalue weighted by Gasteiger charge is -2.39. The Labute approximate surface area is 172 Å². The third kappa shape index (κ3) is 2.92. The van der Waals surface area contributed by atoms with Gasteiger partial charge in [-0.25, -0.2) is 0 Å². The fourth-order valence-corrected chi connectivity index (χ4v) is 6.11. The predicted molar refractivity (Wildman–Crippen MR) is 110 cm³/mol. The van der Waals surface area contributed by atoms with E-state index in [0.717, 1.165) is 37.0 Å². The lowest BCUT2D eigenvalue weighted by atomic mass is 9.64. The van der Waals surface area contributed by atoms with E-state index < -0.39 is 5.41 Å². The second kappa shape index (κ2) is 6.94. The maximum absolute atomic E-state index is 12.8. The minimum atomic E-state index is -0.399. The van der Waals surface area contributed by atoms with Crippen molar-refractivity contribution in [2.75, 3.05) is 13.7 Å². The van der Waals surface area contributed by atoms with Crippen LogP contribution in [0.2, 0.25) is 0 Å². The number of methoxy groups -OCH3 is 1. The minimum absolute atomic E-state index is 0.159. The second-order valence-electron chi connectivity index (χ2n) is 9.16. The van der Waals surface area contributed by atoms with Gasteiger partial charge in [-0.1, -0.05) is 19.1 Å². The molecule has 2 fully saturated rings. The van der Waals surface area contributed by atoms with Crippen LogP contribution < -0.4 is 4.74 Å². The number of hydrogen-bond acceptors (Lipinski definition) is 4. The molecule has 1 aromatic carbocycles. The Balaban J connectivity index is 1.66. The van der Waals surface area contributed by atoms with Crippen LogP contribution in [0.5, 0.6) is 5.75 Å². The van der Waals surface area contributed by atoms with Gasteiger partial charge >= 0.3 is 0 Å². The van der Waals surface area contributed by atoms with E-state index >= 15 is 0 Å². The van der Waals surface area contributed by atoms with Gasteiger partial charge in [-0.3, -0.25) is 9.59 Å². The first-order valence-electron chi connectivity index (χ1n) is 10.8. The van der Waals surface area contributed by atoms with Crippen LogP contribution in [0.4, 0.5) is 0 Å². The first-order chi connectivity index (χ1) is 14.0. The summed E-state index contributed by atoms with van der Waals surface area (Å²) in [5, 5.41) is 0. The maximum atomic E-state index is 12.8. The summed E-state index contributed by atoms with van der Waals surface area (Å²) in [6.07, 6.45) is 6.62. The number of rotatable bonds is 2. The molecule has 1 saturated carbocycles. The largest absolute Gasteiger partial charge is 0.497 e. The molecule has 0 radical (unpaired) electrons. The number of ether oxygens (including phenoxy) is 2. The van der Waals surface area contributed by atoms with Crippen molar-refractivity contribution in [2.24, 2.45) is 17.3 Å². The van der Waals surface area contributed by atoms with Crippen LogP contribution in [-0.4, -0.2) is 25.3 Å². The normalized spacial score (nSPS) is 34.1. The smallest absolute Gasteiger partial charge is 0.156 e. The standard InChI is InChI=1S/C25H28O4/c1-25-14-29-24(15-3-7-18(28-2)8-4-15)23-19-10-6-17(26)13-16(19)5-9-20(23)21(25)11-12-22(25)27/h3-4,7-8,13,20-21,24H,5-6,9-12,14H2,1-2H3. The molecular weight excluding hydrogens is 364 g/mol. The summed E-state index contributed by atoms with van der Waals surface area (Å²) < 4.78 is 11.9. The van der Waals surface area contributed by atoms with Crippen molar-refractivity contribution in [3.63, 3.8) is 0 Å². The molecular formula is C25H28O4. The van der Waals surface area contributed by atoms with E-state index in [2.05, 4.69) is 19.1 Å². The van der Waals surface area contributed by atoms with E-state index in [1.54, 1.807) is 7.11 Å². The quantitative estimate of drug-likeness (QED) is 0.729. The van der Waals surface area contributed by atoms with Crippen molar-refractivity contribution in [1.29, 1.82) is 0 Å². The third-order valence-corrected chi connectivity index (χ3v) is 7.69. The summed E-state index contributed by atoms with van der Waals surface area (Å²) in [5.74, 6) is 2.09. The Bertz CT molecular complexity index is 923. The van der Waals surface area contributed by atoms with Crippen LogP contribution >= 0.6 is 0 Å². The van der Waals surface area contributed by atoms with Gasteiger partial charge in [-0.05, 0) is 78.0 Å². The first kappa shape index (κ1) is 18.8. The van der Waals surface area contributed by atoms with E-state index in [4.69, 9.17) is 9.47 Å². The van der Waals surface area contributed by atoms with Crippen molar-refractivity contribution in [3.05, 3.63) is 52.6 Å². The number of fused-ring (bicyclic) bond motifs is 4. The average Bonchev–Trinajstić information content (AvgIpc) is 2.95. The molecule has 4 nitrogen and oxygen atoms in total. The van der Waals surface area contributed by atoms with Gasteiger partial charge in [0.2, 0.25) is 0 Å². The maximum Gasteiger partial charge on any atom is 0.156 e. The van der Waals surface area contributed by atoms with Gasteiger partial charge in [0.05, 0.1) is 19.1 Å².